The number of hydrogen-bond acceptors (Lipinski definition) is 3. The van der Waals surface area contributed by atoms with Gasteiger partial charge in [0.05, 0.1) is 0 Å². The minimum absolute atomic E-state index is 0.114. The molecular formula is C10H14FN3O. The number of halogens is 1. The number of primary amides is 1. The zero-order chi connectivity index (χ0) is 11.5. The van der Waals surface area contributed by atoms with E-state index in [4.69, 9.17) is 5.73 Å². The summed E-state index contributed by atoms with van der Waals surface area (Å²) in [5.41, 5.74) is 4.47. The smallest absolute Gasteiger partial charge is 0.219 e. The Balaban J connectivity index is 2.77. The SMILES string of the molecule is CC(C)(CC(N)=O)Nc1ncccc1F. The normalized spacial score (nSPS) is 11.1. The number of amides is 1. The molecule has 0 saturated carbocycles. The van der Waals surface area contributed by atoms with E-state index in [9.17, 15) is 9.18 Å². The molecule has 0 bridgehead atoms. The average Bonchev–Trinajstić information content (AvgIpc) is 2.06. The van der Waals surface area contributed by atoms with Crippen LogP contribution in [0.15, 0.2) is 18.3 Å². The standard InChI is InChI=1S/C10H14FN3O/c1-10(2,6-8(12)15)14-9-7(11)4-3-5-13-9/h3-5H,6H2,1-2H3,(H2,12,15)(H,13,14). The van der Waals surface area contributed by atoms with Gasteiger partial charge < -0.3 is 11.1 Å². The van der Waals surface area contributed by atoms with E-state index < -0.39 is 17.3 Å². The Labute approximate surface area is 87.7 Å². The molecule has 0 aliphatic carbocycles. The van der Waals surface area contributed by atoms with Gasteiger partial charge in [-0.2, -0.15) is 0 Å². The van der Waals surface area contributed by atoms with Gasteiger partial charge in [0.25, 0.3) is 0 Å². The van der Waals surface area contributed by atoms with Crippen LogP contribution >= 0.6 is 0 Å². The lowest BCUT2D eigenvalue weighted by atomic mass is 10.0. The molecule has 15 heavy (non-hydrogen) atoms. The first-order chi connectivity index (χ1) is 6.91. The van der Waals surface area contributed by atoms with Crippen LogP contribution in [0.25, 0.3) is 0 Å². The van der Waals surface area contributed by atoms with E-state index in [0.717, 1.165) is 0 Å². The second-order valence-corrected chi connectivity index (χ2v) is 3.99. The minimum atomic E-state index is -0.610. The number of aromatic nitrogens is 1. The molecule has 1 aromatic rings. The van der Waals surface area contributed by atoms with Gasteiger partial charge in [-0.1, -0.05) is 0 Å². The summed E-state index contributed by atoms with van der Waals surface area (Å²) in [7, 11) is 0. The highest BCUT2D eigenvalue weighted by molar-refractivity contribution is 5.75. The minimum Gasteiger partial charge on any atom is -0.370 e. The third-order valence-electron chi connectivity index (χ3n) is 1.83. The molecule has 0 spiro atoms. The number of pyridine rings is 1. The van der Waals surface area contributed by atoms with Crippen LogP contribution in [0.5, 0.6) is 0 Å². The fourth-order valence-corrected chi connectivity index (χ4v) is 1.28. The summed E-state index contributed by atoms with van der Waals surface area (Å²) >= 11 is 0. The average molecular weight is 211 g/mol. The van der Waals surface area contributed by atoms with Crippen LogP contribution < -0.4 is 11.1 Å². The monoisotopic (exact) mass is 211 g/mol. The van der Waals surface area contributed by atoms with Gasteiger partial charge in [0, 0.05) is 18.2 Å². The molecule has 1 aromatic heterocycles. The topological polar surface area (TPSA) is 68.0 Å². The van der Waals surface area contributed by atoms with Crippen LogP contribution in [0.1, 0.15) is 20.3 Å². The molecule has 5 heteroatoms. The van der Waals surface area contributed by atoms with Gasteiger partial charge in [0.1, 0.15) is 0 Å². The predicted octanol–water partition coefficient (Wildman–Crippen LogP) is 1.29. The Hall–Kier alpha value is -1.65. The molecule has 1 rings (SSSR count). The summed E-state index contributed by atoms with van der Waals surface area (Å²) in [5, 5.41) is 2.83. The van der Waals surface area contributed by atoms with Gasteiger partial charge in [-0.3, -0.25) is 4.79 Å². The van der Waals surface area contributed by atoms with Crippen LogP contribution in [-0.2, 0) is 4.79 Å². The second-order valence-electron chi connectivity index (χ2n) is 3.99. The molecule has 1 heterocycles. The highest BCUT2D eigenvalue weighted by atomic mass is 19.1. The van der Waals surface area contributed by atoms with Crippen LogP contribution in [-0.4, -0.2) is 16.4 Å². The van der Waals surface area contributed by atoms with E-state index in [-0.39, 0.29) is 12.2 Å². The Kier molecular flexibility index (Phi) is 3.24. The molecule has 0 saturated heterocycles. The predicted molar refractivity (Wildman–Crippen MR) is 55.7 cm³/mol. The third kappa shape index (κ3) is 3.53. The Bertz CT molecular complexity index is 365. The molecule has 82 valence electrons. The van der Waals surface area contributed by atoms with Crippen LogP contribution in [0, 0.1) is 5.82 Å². The van der Waals surface area contributed by atoms with Crippen molar-refractivity contribution < 1.29 is 9.18 Å². The summed E-state index contributed by atoms with van der Waals surface area (Å²) in [4.78, 5) is 14.6. The number of nitrogens with one attached hydrogen (secondary N) is 1. The maximum atomic E-state index is 13.2. The molecule has 0 atom stereocenters. The number of hydrogen-bond donors (Lipinski definition) is 2. The summed E-state index contributed by atoms with van der Waals surface area (Å²) < 4.78 is 13.2. The van der Waals surface area contributed by atoms with E-state index in [0.29, 0.717) is 0 Å². The first-order valence-electron chi connectivity index (χ1n) is 4.58. The van der Waals surface area contributed by atoms with Crippen LogP contribution in [0.3, 0.4) is 0 Å². The molecule has 4 nitrogen and oxygen atoms in total. The number of carbonyl (C=O) groups excluding carboxylic acids is 1. The van der Waals surface area contributed by atoms with Gasteiger partial charge in [-0.25, -0.2) is 9.37 Å². The highest BCUT2D eigenvalue weighted by Crippen LogP contribution is 2.18. The molecule has 0 unspecified atom stereocenters. The quantitative estimate of drug-likeness (QED) is 0.788. The Morgan fingerprint density at radius 2 is 2.33 bits per heavy atom. The van der Waals surface area contributed by atoms with Gasteiger partial charge in [0.15, 0.2) is 11.6 Å². The molecule has 0 radical (unpaired) electrons. The van der Waals surface area contributed by atoms with Crippen LogP contribution in [0.4, 0.5) is 10.2 Å². The van der Waals surface area contributed by atoms with Crippen molar-refractivity contribution in [2.24, 2.45) is 5.73 Å². The number of anilines is 1. The molecular weight excluding hydrogens is 197 g/mol. The number of nitrogens with two attached hydrogens (primary N) is 1. The highest BCUT2D eigenvalue weighted by Gasteiger charge is 2.21. The van der Waals surface area contributed by atoms with Crippen molar-refractivity contribution in [3.05, 3.63) is 24.1 Å². The molecule has 0 aliphatic rings. The largest absolute Gasteiger partial charge is 0.370 e. The fourth-order valence-electron chi connectivity index (χ4n) is 1.28. The number of rotatable bonds is 4. The summed E-state index contributed by atoms with van der Waals surface area (Å²) in [6, 6.07) is 2.80. The first kappa shape index (κ1) is 11.4. The van der Waals surface area contributed by atoms with Crippen molar-refractivity contribution in [3.63, 3.8) is 0 Å². The van der Waals surface area contributed by atoms with Crippen molar-refractivity contribution in [2.45, 2.75) is 25.8 Å². The van der Waals surface area contributed by atoms with Crippen molar-refractivity contribution in [2.75, 3.05) is 5.32 Å². The van der Waals surface area contributed by atoms with E-state index in [1.165, 1.54) is 18.3 Å². The summed E-state index contributed by atoms with van der Waals surface area (Å²) in [5.74, 6) is -0.761. The van der Waals surface area contributed by atoms with Crippen molar-refractivity contribution in [3.8, 4) is 0 Å². The molecule has 0 aromatic carbocycles. The van der Waals surface area contributed by atoms with Gasteiger partial charge in [0.2, 0.25) is 5.91 Å². The summed E-state index contributed by atoms with van der Waals surface area (Å²) in [6.45, 7) is 3.51. The lowest BCUT2D eigenvalue weighted by Crippen LogP contribution is -2.36. The van der Waals surface area contributed by atoms with E-state index in [1.807, 2.05) is 0 Å². The zero-order valence-corrected chi connectivity index (χ0v) is 8.75. The Morgan fingerprint density at radius 1 is 1.67 bits per heavy atom. The number of nitrogens with zero attached hydrogens (tertiary/aromatic N) is 1. The lowest BCUT2D eigenvalue weighted by Gasteiger charge is -2.25. The van der Waals surface area contributed by atoms with Crippen molar-refractivity contribution in [1.29, 1.82) is 0 Å². The zero-order valence-electron chi connectivity index (χ0n) is 8.75. The molecule has 0 aliphatic heterocycles. The Morgan fingerprint density at radius 3 is 2.87 bits per heavy atom. The van der Waals surface area contributed by atoms with Crippen molar-refractivity contribution >= 4 is 11.7 Å². The second kappa shape index (κ2) is 4.25. The molecule has 1 amide bonds. The van der Waals surface area contributed by atoms with E-state index in [2.05, 4.69) is 10.3 Å². The van der Waals surface area contributed by atoms with Crippen LogP contribution in [0.2, 0.25) is 0 Å². The van der Waals surface area contributed by atoms with Gasteiger partial charge in [-0.05, 0) is 26.0 Å². The van der Waals surface area contributed by atoms with E-state index in [1.54, 1.807) is 13.8 Å². The first-order valence-corrected chi connectivity index (χ1v) is 4.58. The van der Waals surface area contributed by atoms with Crippen molar-refractivity contribution in [1.82, 2.24) is 4.98 Å². The lowest BCUT2D eigenvalue weighted by molar-refractivity contribution is -0.118. The maximum Gasteiger partial charge on any atom is 0.219 e. The van der Waals surface area contributed by atoms with E-state index >= 15 is 0 Å². The maximum absolute atomic E-state index is 13.2. The fraction of sp³-hybridized carbons (Fsp3) is 0.400. The number of carbonyl (C=O) groups is 1. The van der Waals surface area contributed by atoms with Gasteiger partial charge in [-0.15, -0.1) is 0 Å². The van der Waals surface area contributed by atoms with Gasteiger partial charge >= 0.3 is 0 Å². The summed E-state index contributed by atoms with van der Waals surface area (Å²) in [6.07, 6.45) is 1.59. The molecule has 3 N–H and O–H groups in total. The molecule has 0 fully saturated rings. The third-order valence-corrected chi connectivity index (χ3v) is 1.83.